The molecule has 0 fully saturated rings. The highest BCUT2D eigenvalue weighted by Crippen LogP contribution is 2.18. The third kappa shape index (κ3) is 5.14. The van der Waals surface area contributed by atoms with Gasteiger partial charge in [-0.3, -0.25) is 4.79 Å². The molecule has 5 nitrogen and oxygen atoms in total. The van der Waals surface area contributed by atoms with Gasteiger partial charge in [0.05, 0.1) is 12.1 Å². The number of aromatic nitrogens is 1. The molecule has 1 amide bonds. The number of nitrogen functional groups attached to an aromatic ring is 1. The van der Waals surface area contributed by atoms with E-state index in [1.807, 2.05) is 13.8 Å². The van der Waals surface area contributed by atoms with Gasteiger partial charge in [0.25, 0.3) is 0 Å². The van der Waals surface area contributed by atoms with E-state index in [0.717, 1.165) is 0 Å². The average molecular weight is 257 g/mol. The molecule has 0 aromatic carbocycles. The van der Waals surface area contributed by atoms with E-state index in [9.17, 15) is 4.79 Å². The highest BCUT2D eigenvalue weighted by atomic mass is 32.1. The number of amides is 1. The quantitative estimate of drug-likeness (QED) is 0.703. The molecule has 1 rings (SSSR count). The van der Waals surface area contributed by atoms with E-state index >= 15 is 0 Å². The Balaban J connectivity index is 2.35. The molecule has 0 bridgehead atoms. The molecule has 0 aliphatic rings. The summed E-state index contributed by atoms with van der Waals surface area (Å²) in [7, 11) is 0. The standard InChI is InChI=1S/C11H19N3O2S/c1-11(2,3-4-15)7-13-9(16)5-8-6-17-10(12)14-8/h6,15H,3-5,7H2,1-2H3,(H2,12,14)(H,13,16). The summed E-state index contributed by atoms with van der Waals surface area (Å²) in [5.74, 6) is -0.0682. The Morgan fingerprint density at radius 1 is 1.65 bits per heavy atom. The Morgan fingerprint density at radius 2 is 2.35 bits per heavy atom. The lowest BCUT2D eigenvalue weighted by Crippen LogP contribution is -2.35. The number of hydrogen-bond donors (Lipinski definition) is 3. The van der Waals surface area contributed by atoms with Crippen LogP contribution < -0.4 is 11.1 Å². The lowest BCUT2D eigenvalue weighted by atomic mass is 9.90. The zero-order valence-corrected chi connectivity index (χ0v) is 11.0. The summed E-state index contributed by atoms with van der Waals surface area (Å²) in [6.07, 6.45) is 0.917. The molecule has 4 N–H and O–H groups in total. The minimum absolute atomic E-state index is 0.0682. The highest BCUT2D eigenvalue weighted by molar-refractivity contribution is 7.13. The first-order chi connectivity index (χ1) is 7.93. The molecule has 0 saturated heterocycles. The molecular weight excluding hydrogens is 238 g/mol. The van der Waals surface area contributed by atoms with Gasteiger partial charge >= 0.3 is 0 Å². The number of nitrogens with zero attached hydrogens (tertiary/aromatic N) is 1. The second-order valence-corrected chi connectivity index (χ2v) is 5.66. The summed E-state index contributed by atoms with van der Waals surface area (Å²) < 4.78 is 0. The molecule has 0 aliphatic carbocycles. The van der Waals surface area contributed by atoms with Crippen LogP contribution in [0.15, 0.2) is 5.38 Å². The van der Waals surface area contributed by atoms with Gasteiger partial charge in [-0.15, -0.1) is 11.3 Å². The van der Waals surface area contributed by atoms with Gasteiger partial charge in [0.1, 0.15) is 0 Å². The monoisotopic (exact) mass is 257 g/mol. The van der Waals surface area contributed by atoms with Gasteiger partial charge in [0, 0.05) is 18.5 Å². The third-order valence-corrected chi connectivity index (χ3v) is 3.19. The van der Waals surface area contributed by atoms with E-state index in [2.05, 4.69) is 10.3 Å². The lowest BCUT2D eigenvalue weighted by molar-refractivity contribution is -0.121. The molecule has 6 heteroatoms. The van der Waals surface area contributed by atoms with Gasteiger partial charge < -0.3 is 16.2 Å². The van der Waals surface area contributed by atoms with E-state index in [1.54, 1.807) is 5.38 Å². The Hall–Kier alpha value is -1.14. The minimum atomic E-state index is -0.0918. The Kier molecular flexibility index (Phi) is 4.89. The second-order valence-electron chi connectivity index (χ2n) is 4.77. The summed E-state index contributed by atoms with van der Waals surface area (Å²) >= 11 is 1.33. The Morgan fingerprint density at radius 3 is 2.88 bits per heavy atom. The van der Waals surface area contributed by atoms with Crippen LogP contribution in [-0.4, -0.2) is 29.1 Å². The van der Waals surface area contributed by atoms with Crippen molar-refractivity contribution >= 4 is 22.4 Å². The van der Waals surface area contributed by atoms with Gasteiger partial charge in [0.2, 0.25) is 5.91 Å². The smallest absolute Gasteiger partial charge is 0.226 e. The predicted octanol–water partition coefficient (Wildman–Crippen LogP) is 0.793. The van der Waals surface area contributed by atoms with Crippen molar-refractivity contribution in [3.05, 3.63) is 11.1 Å². The van der Waals surface area contributed by atoms with Gasteiger partial charge in [-0.1, -0.05) is 13.8 Å². The molecule has 0 spiro atoms. The summed E-state index contributed by atoms with van der Waals surface area (Å²) in [6, 6.07) is 0. The van der Waals surface area contributed by atoms with Crippen molar-refractivity contribution in [2.75, 3.05) is 18.9 Å². The predicted molar refractivity (Wildman–Crippen MR) is 68.7 cm³/mol. The van der Waals surface area contributed by atoms with E-state index in [1.165, 1.54) is 11.3 Å². The molecule has 1 heterocycles. The summed E-state index contributed by atoms with van der Waals surface area (Å²) in [4.78, 5) is 15.6. The zero-order valence-electron chi connectivity index (χ0n) is 10.2. The van der Waals surface area contributed by atoms with E-state index in [-0.39, 0.29) is 24.3 Å². The minimum Gasteiger partial charge on any atom is -0.396 e. The number of rotatable bonds is 6. The van der Waals surface area contributed by atoms with Gasteiger partial charge in [-0.2, -0.15) is 0 Å². The Bertz CT molecular complexity index is 377. The number of carbonyl (C=O) groups excluding carboxylic acids is 1. The summed E-state index contributed by atoms with van der Waals surface area (Å²) in [6.45, 7) is 4.69. The number of thiazole rings is 1. The second kappa shape index (κ2) is 5.97. The lowest BCUT2D eigenvalue weighted by Gasteiger charge is -2.23. The fourth-order valence-corrected chi connectivity index (χ4v) is 1.92. The Labute approximate surface area is 105 Å². The van der Waals surface area contributed by atoms with Gasteiger partial charge in [-0.25, -0.2) is 4.98 Å². The normalized spacial score (nSPS) is 11.5. The molecular formula is C11H19N3O2S. The maximum Gasteiger partial charge on any atom is 0.226 e. The van der Waals surface area contributed by atoms with Crippen molar-refractivity contribution in [2.45, 2.75) is 26.7 Å². The van der Waals surface area contributed by atoms with Crippen LogP contribution in [0.1, 0.15) is 26.0 Å². The molecule has 0 radical (unpaired) electrons. The largest absolute Gasteiger partial charge is 0.396 e. The molecule has 96 valence electrons. The highest BCUT2D eigenvalue weighted by Gasteiger charge is 2.18. The van der Waals surface area contributed by atoms with Crippen LogP contribution in [0.2, 0.25) is 0 Å². The molecule has 1 aromatic rings. The van der Waals surface area contributed by atoms with Crippen LogP contribution in [0.3, 0.4) is 0 Å². The van der Waals surface area contributed by atoms with Crippen LogP contribution in [0, 0.1) is 5.41 Å². The molecule has 17 heavy (non-hydrogen) atoms. The maximum atomic E-state index is 11.6. The van der Waals surface area contributed by atoms with Crippen molar-refractivity contribution < 1.29 is 9.90 Å². The number of aliphatic hydroxyl groups excluding tert-OH is 1. The average Bonchev–Trinajstić information content (AvgIpc) is 2.61. The number of carbonyl (C=O) groups is 1. The SMILES string of the molecule is CC(C)(CCO)CNC(=O)Cc1csc(N)n1. The number of aliphatic hydroxyl groups is 1. The van der Waals surface area contributed by atoms with Crippen molar-refractivity contribution in [3.63, 3.8) is 0 Å². The molecule has 0 unspecified atom stereocenters. The molecule has 0 saturated carbocycles. The van der Waals surface area contributed by atoms with Gasteiger partial charge in [0.15, 0.2) is 5.13 Å². The first-order valence-electron chi connectivity index (χ1n) is 5.50. The fraction of sp³-hybridized carbons (Fsp3) is 0.636. The fourth-order valence-electron chi connectivity index (χ4n) is 1.36. The van der Waals surface area contributed by atoms with Crippen molar-refractivity contribution in [1.29, 1.82) is 0 Å². The van der Waals surface area contributed by atoms with Crippen molar-refractivity contribution in [2.24, 2.45) is 5.41 Å². The number of hydrogen-bond acceptors (Lipinski definition) is 5. The number of nitrogens with one attached hydrogen (secondary N) is 1. The first-order valence-corrected chi connectivity index (χ1v) is 6.38. The summed E-state index contributed by atoms with van der Waals surface area (Å²) in [5, 5.41) is 14.0. The van der Waals surface area contributed by atoms with E-state index < -0.39 is 0 Å². The van der Waals surface area contributed by atoms with E-state index in [4.69, 9.17) is 10.8 Å². The zero-order chi connectivity index (χ0) is 12.9. The first kappa shape index (κ1) is 13.9. The van der Waals surface area contributed by atoms with Crippen molar-refractivity contribution in [3.8, 4) is 0 Å². The number of anilines is 1. The number of nitrogens with two attached hydrogens (primary N) is 1. The topological polar surface area (TPSA) is 88.2 Å². The van der Waals surface area contributed by atoms with Crippen molar-refractivity contribution in [1.82, 2.24) is 10.3 Å². The summed E-state index contributed by atoms with van der Waals surface area (Å²) in [5.41, 5.74) is 6.09. The maximum absolute atomic E-state index is 11.6. The van der Waals surface area contributed by atoms with Gasteiger partial charge in [-0.05, 0) is 11.8 Å². The molecule has 1 aromatic heterocycles. The molecule has 0 atom stereocenters. The van der Waals surface area contributed by atoms with Crippen LogP contribution in [0.25, 0.3) is 0 Å². The van der Waals surface area contributed by atoms with E-state index in [0.29, 0.717) is 23.8 Å². The van der Waals surface area contributed by atoms with Crippen LogP contribution >= 0.6 is 11.3 Å². The third-order valence-electron chi connectivity index (χ3n) is 2.46. The van der Waals surface area contributed by atoms with Crippen LogP contribution in [0.5, 0.6) is 0 Å². The molecule has 0 aliphatic heterocycles. The van der Waals surface area contributed by atoms with Crippen LogP contribution in [0.4, 0.5) is 5.13 Å². The van der Waals surface area contributed by atoms with Crippen LogP contribution in [-0.2, 0) is 11.2 Å².